The molecule has 0 spiro atoms. The first-order valence-electron chi connectivity index (χ1n) is 8.19. The first kappa shape index (κ1) is 19.8. The number of benzene rings is 2. The van der Waals surface area contributed by atoms with Crippen molar-refractivity contribution in [2.75, 3.05) is 6.54 Å². The highest BCUT2D eigenvalue weighted by Crippen LogP contribution is 2.22. The Balaban J connectivity index is 2.03. The Morgan fingerprint density at radius 2 is 1.62 bits per heavy atom. The third kappa shape index (κ3) is 5.79. The minimum Gasteiger partial charge on any atom is -0.445 e. The highest BCUT2D eigenvalue weighted by molar-refractivity contribution is 5.67. The van der Waals surface area contributed by atoms with Gasteiger partial charge in [0.25, 0.3) is 5.92 Å². The molecule has 0 saturated carbocycles. The second-order valence-electron chi connectivity index (χ2n) is 5.91. The topological polar surface area (TPSA) is 84.6 Å². The van der Waals surface area contributed by atoms with E-state index in [1.165, 1.54) is 0 Å². The monoisotopic (exact) mass is 364 g/mol. The largest absolute Gasteiger partial charge is 0.445 e. The lowest BCUT2D eigenvalue weighted by molar-refractivity contribution is -0.113. The fraction of sp³-hybridized carbons (Fsp3) is 0.316. The van der Waals surface area contributed by atoms with Crippen LogP contribution in [0.25, 0.3) is 0 Å². The Morgan fingerprint density at radius 3 is 2.15 bits per heavy atom. The van der Waals surface area contributed by atoms with Crippen molar-refractivity contribution < 1.29 is 23.4 Å². The number of aliphatic hydroxyl groups is 1. The van der Waals surface area contributed by atoms with Crippen LogP contribution < -0.4 is 11.1 Å². The number of carbonyl (C=O) groups excluding carboxylic acids is 1. The number of ether oxygens (including phenoxy) is 1. The minimum absolute atomic E-state index is 0.00585. The van der Waals surface area contributed by atoms with Crippen LogP contribution in [-0.4, -0.2) is 35.8 Å². The quantitative estimate of drug-likeness (QED) is 0.672. The highest BCUT2D eigenvalue weighted by Gasteiger charge is 2.42. The summed E-state index contributed by atoms with van der Waals surface area (Å²) in [5, 5.41) is 12.4. The molecule has 2 aromatic carbocycles. The molecule has 0 aliphatic rings. The third-order valence-corrected chi connectivity index (χ3v) is 3.90. The smallest absolute Gasteiger partial charge is 0.407 e. The molecule has 140 valence electrons. The molecule has 1 amide bonds. The molecule has 0 radical (unpaired) electrons. The number of alkyl carbamates (subject to hydrolysis) is 1. The van der Waals surface area contributed by atoms with Crippen LogP contribution in [0.1, 0.15) is 11.1 Å². The summed E-state index contributed by atoms with van der Waals surface area (Å²) in [6, 6.07) is 16.4. The Bertz CT molecular complexity index is 684. The molecule has 0 aliphatic heterocycles. The summed E-state index contributed by atoms with van der Waals surface area (Å²) < 4.78 is 32.7. The predicted octanol–water partition coefficient (Wildman–Crippen LogP) is 2.48. The maximum atomic E-state index is 13.8. The normalized spacial score (nSPS) is 13.7. The van der Waals surface area contributed by atoms with Gasteiger partial charge in [0.1, 0.15) is 12.7 Å². The fourth-order valence-corrected chi connectivity index (χ4v) is 2.44. The van der Waals surface area contributed by atoms with E-state index in [1.807, 2.05) is 6.07 Å². The van der Waals surface area contributed by atoms with E-state index in [9.17, 15) is 18.7 Å². The number of rotatable bonds is 8. The van der Waals surface area contributed by atoms with Crippen LogP contribution in [0.15, 0.2) is 60.7 Å². The van der Waals surface area contributed by atoms with Crippen LogP contribution in [0.2, 0.25) is 0 Å². The summed E-state index contributed by atoms with van der Waals surface area (Å²) in [6.45, 7) is -1.03. The molecule has 0 aromatic heterocycles. The molecule has 0 aliphatic carbocycles. The van der Waals surface area contributed by atoms with E-state index in [1.54, 1.807) is 54.6 Å². The van der Waals surface area contributed by atoms with Crippen molar-refractivity contribution >= 4 is 6.09 Å². The number of nitrogens with two attached hydrogens (primary N) is 1. The first-order chi connectivity index (χ1) is 12.4. The van der Waals surface area contributed by atoms with Gasteiger partial charge in [0.05, 0.1) is 12.6 Å². The summed E-state index contributed by atoms with van der Waals surface area (Å²) in [6.07, 6.45) is -3.02. The van der Waals surface area contributed by atoms with Gasteiger partial charge in [0.15, 0.2) is 0 Å². The van der Waals surface area contributed by atoms with E-state index in [-0.39, 0.29) is 13.0 Å². The van der Waals surface area contributed by atoms with E-state index < -0.39 is 30.7 Å². The number of nitrogens with one attached hydrogen (secondary N) is 1. The third-order valence-electron chi connectivity index (χ3n) is 3.90. The Morgan fingerprint density at radius 1 is 1.08 bits per heavy atom. The summed E-state index contributed by atoms with van der Waals surface area (Å²) in [7, 11) is 0. The summed E-state index contributed by atoms with van der Waals surface area (Å²) in [5.74, 6) is -3.54. The molecule has 26 heavy (non-hydrogen) atoms. The number of carbonyl (C=O) groups is 1. The van der Waals surface area contributed by atoms with Crippen molar-refractivity contribution in [1.29, 1.82) is 0 Å². The van der Waals surface area contributed by atoms with Crippen LogP contribution in [0.5, 0.6) is 0 Å². The lowest BCUT2D eigenvalue weighted by atomic mass is 9.97. The molecule has 0 fully saturated rings. The van der Waals surface area contributed by atoms with Crippen LogP contribution in [-0.2, 0) is 17.8 Å². The lowest BCUT2D eigenvalue weighted by Gasteiger charge is -2.29. The second kappa shape index (κ2) is 9.26. The predicted molar refractivity (Wildman–Crippen MR) is 93.7 cm³/mol. The number of hydrogen-bond acceptors (Lipinski definition) is 4. The average Bonchev–Trinajstić information content (AvgIpc) is 2.67. The molecular formula is C19H22F2N2O3. The maximum Gasteiger partial charge on any atom is 0.407 e. The van der Waals surface area contributed by atoms with Crippen LogP contribution in [0.3, 0.4) is 0 Å². The van der Waals surface area contributed by atoms with Gasteiger partial charge in [-0.25, -0.2) is 13.6 Å². The van der Waals surface area contributed by atoms with Crippen molar-refractivity contribution in [3.05, 3.63) is 71.8 Å². The van der Waals surface area contributed by atoms with Gasteiger partial charge in [-0.1, -0.05) is 60.7 Å². The van der Waals surface area contributed by atoms with Gasteiger partial charge in [-0.05, 0) is 17.5 Å². The molecule has 2 atom stereocenters. The van der Waals surface area contributed by atoms with Crippen LogP contribution in [0, 0.1) is 0 Å². The zero-order valence-electron chi connectivity index (χ0n) is 14.1. The molecule has 2 aromatic rings. The molecular weight excluding hydrogens is 342 g/mol. The Hall–Kier alpha value is -2.51. The number of alkyl halides is 2. The standard InChI is InChI=1S/C19H22F2N2O3/c20-19(21,13-22)17(24)16(11-14-7-3-1-4-8-14)23-18(25)26-12-15-9-5-2-6-10-15/h1-10,16-17,24H,11-13,22H2,(H,23,25). The van der Waals surface area contributed by atoms with Gasteiger partial charge >= 0.3 is 6.09 Å². The van der Waals surface area contributed by atoms with Crippen molar-refractivity contribution in [3.63, 3.8) is 0 Å². The van der Waals surface area contributed by atoms with E-state index in [0.717, 1.165) is 5.56 Å². The second-order valence-corrected chi connectivity index (χ2v) is 5.91. The zero-order valence-corrected chi connectivity index (χ0v) is 14.1. The molecule has 0 heterocycles. The molecule has 5 nitrogen and oxygen atoms in total. The molecule has 4 N–H and O–H groups in total. The molecule has 7 heteroatoms. The van der Waals surface area contributed by atoms with E-state index >= 15 is 0 Å². The number of aliphatic hydroxyl groups excluding tert-OH is 1. The Labute approximate surface area is 150 Å². The van der Waals surface area contributed by atoms with Gasteiger partial charge in [-0.15, -0.1) is 0 Å². The Kier molecular flexibility index (Phi) is 7.06. The minimum atomic E-state index is -3.54. The lowest BCUT2D eigenvalue weighted by Crippen LogP contribution is -2.55. The summed E-state index contributed by atoms with van der Waals surface area (Å²) in [5.41, 5.74) is 6.50. The van der Waals surface area contributed by atoms with Gasteiger partial charge in [0, 0.05) is 0 Å². The summed E-state index contributed by atoms with van der Waals surface area (Å²) in [4.78, 5) is 12.0. The fourth-order valence-electron chi connectivity index (χ4n) is 2.44. The molecule has 2 unspecified atom stereocenters. The highest BCUT2D eigenvalue weighted by atomic mass is 19.3. The molecule has 0 saturated heterocycles. The van der Waals surface area contributed by atoms with Gasteiger partial charge in [-0.3, -0.25) is 0 Å². The number of hydrogen-bond donors (Lipinski definition) is 3. The van der Waals surface area contributed by atoms with Gasteiger partial charge in [-0.2, -0.15) is 0 Å². The average molecular weight is 364 g/mol. The maximum absolute atomic E-state index is 13.8. The van der Waals surface area contributed by atoms with Crippen molar-refractivity contribution in [2.24, 2.45) is 5.73 Å². The van der Waals surface area contributed by atoms with E-state index in [2.05, 4.69) is 5.32 Å². The van der Waals surface area contributed by atoms with Gasteiger partial charge < -0.3 is 20.9 Å². The van der Waals surface area contributed by atoms with Gasteiger partial charge in [0.2, 0.25) is 0 Å². The molecule has 2 rings (SSSR count). The van der Waals surface area contributed by atoms with Crippen molar-refractivity contribution in [3.8, 4) is 0 Å². The zero-order chi connectivity index (χ0) is 19.0. The number of amides is 1. The van der Waals surface area contributed by atoms with Crippen LogP contribution in [0.4, 0.5) is 13.6 Å². The first-order valence-corrected chi connectivity index (χ1v) is 8.19. The summed E-state index contributed by atoms with van der Waals surface area (Å²) >= 11 is 0. The molecule has 0 bridgehead atoms. The van der Waals surface area contributed by atoms with Crippen molar-refractivity contribution in [2.45, 2.75) is 31.1 Å². The van der Waals surface area contributed by atoms with E-state index in [0.29, 0.717) is 5.56 Å². The van der Waals surface area contributed by atoms with Crippen molar-refractivity contribution in [1.82, 2.24) is 5.32 Å². The van der Waals surface area contributed by atoms with E-state index in [4.69, 9.17) is 10.5 Å². The van der Waals surface area contributed by atoms with Crippen LogP contribution >= 0.6 is 0 Å². The SMILES string of the molecule is NCC(F)(F)C(O)C(Cc1ccccc1)NC(=O)OCc1ccccc1. The number of halogens is 2.